The normalized spacial score (nSPS) is 11.4. The third kappa shape index (κ3) is 3.71. The van der Waals surface area contributed by atoms with Gasteiger partial charge in [0.25, 0.3) is 0 Å². The summed E-state index contributed by atoms with van der Waals surface area (Å²) in [6, 6.07) is 11.7. The number of pyridine rings is 1. The van der Waals surface area contributed by atoms with Crippen LogP contribution in [0.2, 0.25) is 5.02 Å². The van der Waals surface area contributed by atoms with Gasteiger partial charge in [0.1, 0.15) is 12.4 Å². The highest BCUT2D eigenvalue weighted by molar-refractivity contribution is 6.32. The zero-order chi connectivity index (χ0) is 13.9. The second-order valence-electron chi connectivity index (χ2n) is 5.50. The number of hydrogen-bond donors (Lipinski definition) is 0. The highest BCUT2D eigenvalue weighted by atomic mass is 35.5. The highest BCUT2D eigenvalue weighted by Gasteiger charge is 2.15. The van der Waals surface area contributed by atoms with Gasteiger partial charge in [-0.25, -0.2) is 0 Å². The zero-order valence-corrected chi connectivity index (χ0v) is 12.2. The van der Waals surface area contributed by atoms with Crippen molar-refractivity contribution in [2.24, 2.45) is 0 Å². The van der Waals surface area contributed by atoms with Crippen LogP contribution >= 0.6 is 11.6 Å². The topological polar surface area (TPSA) is 22.1 Å². The Labute approximate surface area is 119 Å². The Morgan fingerprint density at radius 1 is 1.16 bits per heavy atom. The summed E-state index contributed by atoms with van der Waals surface area (Å²) in [6.45, 7) is 6.91. The molecule has 0 bridgehead atoms. The summed E-state index contributed by atoms with van der Waals surface area (Å²) in [7, 11) is 0. The Kier molecular flexibility index (Phi) is 4.11. The van der Waals surface area contributed by atoms with Crippen molar-refractivity contribution in [2.45, 2.75) is 32.8 Å². The van der Waals surface area contributed by atoms with E-state index in [2.05, 4.69) is 31.8 Å². The predicted molar refractivity (Wildman–Crippen MR) is 78.7 cm³/mol. The second kappa shape index (κ2) is 5.62. The molecule has 2 aromatic rings. The molecule has 0 unspecified atom stereocenters. The van der Waals surface area contributed by atoms with Crippen LogP contribution < -0.4 is 4.74 Å². The van der Waals surface area contributed by atoms with Gasteiger partial charge in [0, 0.05) is 6.20 Å². The number of aromatic nitrogens is 1. The number of rotatable bonds is 3. The molecule has 0 atom stereocenters. The first-order chi connectivity index (χ1) is 8.97. The molecule has 0 N–H and O–H groups in total. The predicted octanol–water partition coefficient (Wildman–Crippen LogP) is 4.61. The van der Waals surface area contributed by atoms with Gasteiger partial charge in [-0.1, -0.05) is 44.5 Å². The van der Waals surface area contributed by atoms with Gasteiger partial charge in [-0.3, -0.25) is 4.98 Å². The van der Waals surface area contributed by atoms with Crippen LogP contribution in [-0.4, -0.2) is 4.98 Å². The highest BCUT2D eigenvalue weighted by Crippen LogP contribution is 2.31. The van der Waals surface area contributed by atoms with Crippen molar-refractivity contribution in [3.05, 3.63) is 58.9 Å². The first kappa shape index (κ1) is 13.9. The van der Waals surface area contributed by atoms with Crippen LogP contribution in [0.5, 0.6) is 5.75 Å². The fourth-order valence-electron chi connectivity index (χ4n) is 1.72. The van der Waals surface area contributed by atoms with Gasteiger partial charge < -0.3 is 4.74 Å². The van der Waals surface area contributed by atoms with Crippen molar-refractivity contribution >= 4 is 11.6 Å². The molecule has 2 nitrogen and oxygen atoms in total. The van der Waals surface area contributed by atoms with Gasteiger partial charge in [-0.15, -0.1) is 0 Å². The van der Waals surface area contributed by atoms with Crippen LogP contribution in [0.3, 0.4) is 0 Å². The molecule has 0 aliphatic heterocycles. The summed E-state index contributed by atoms with van der Waals surface area (Å²) in [5, 5.41) is 0.642. The van der Waals surface area contributed by atoms with Crippen LogP contribution in [0.15, 0.2) is 42.6 Å². The average Bonchev–Trinajstić information content (AvgIpc) is 2.37. The van der Waals surface area contributed by atoms with E-state index in [1.54, 1.807) is 6.20 Å². The largest absolute Gasteiger partial charge is 0.486 e. The maximum atomic E-state index is 6.26. The lowest BCUT2D eigenvalue weighted by atomic mass is 9.87. The minimum absolute atomic E-state index is 0.0865. The Morgan fingerprint density at radius 2 is 1.95 bits per heavy atom. The second-order valence-corrected chi connectivity index (χ2v) is 5.91. The van der Waals surface area contributed by atoms with E-state index in [1.165, 1.54) is 5.56 Å². The monoisotopic (exact) mass is 275 g/mol. The van der Waals surface area contributed by atoms with Crippen molar-refractivity contribution in [3.8, 4) is 5.75 Å². The molecular formula is C16H18ClNO. The van der Waals surface area contributed by atoms with Gasteiger partial charge in [0.2, 0.25) is 0 Å². The summed E-state index contributed by atoms with van der Waals surface area (Å²) in [4.78, 5) is 4.21. The maximum absolute atomic E-state index is 6.26. The van der Waals surface area contributed by atoms with E-state index in [0.717, 1.165) is 5.69 Å². The van der Waals surface area contributed by atoms with E-state index in [4.69, 9.17) is 16.3 Å². The third-order valence-corrected chi connectivity index (χ3v) is 3.19. The van der Waals surface area contributed by atoms with Crippen molar-refractivity contribution in [3.63, 3.8) is 0 Å². The van der Waals surface area contributed by atoms with Crippen molar-refractivity contribution < 1.29 is 4.74 Å². The van der Waals surface area contributed by atoms with Gasteiger partial charge in [-0.05, 0) is 35.2 Å². The molecule has 3 heteroatoms. The Bertz CT molecular complexity index is 546. The molecule has 0 amide bonds. The van der Waals surface area contributed by atoms with Crippen LogP contribution in [0.1, 0.15) is 32.0 Å². The molecule has 0 fully saturated rings. The minimum atomic E-state index is 0.0865. The minimum Gasteiger partial charge on any atom is -0.486 e. The Balaban J connectivity index is 2.10. The molecule has 0 aliphatic rings. The third-order valence-electron chi connectivity index (χ3n) is 2.90. The molecule has 19 heavy (non-hydrogen) atoms. The summed E-state index contributed by atoms with van der Waals surface area (Å²) >= 11 is 6.26. The summed E-state index contributed by atoms with van der Waals surface area (Å²) in [5.74, 6) is 0.695. The van der Waals surface area contributed by atoms with Gasteiger partial charge >= 0.3 is 0 Å². The fraction of sp³-hybridized carbons (Fsp3) is 0.312. The summed E-state index contributed by atoms with van der Waals surface area (Å²) < 4.78 is 5.70. The number of benzene rings is 1. The average molecular weight is 276 g/mol. The Morgan fingerprint density at radius 3 is 2.53 bits per heavy atom. The SMILES string of the molecule is CC(C)(C)c1ccc(OCc2ccccn2)c(Cl)c1. The Hall–Kier alpha value is -1.54. The lowest BCUT2D eigenvalue weighted by Gasteiger charge is -2.20. The summed E-state index contributed by atoms with van der Waals surface area (Å²) in [6.07, 6.45) is 1.75. The molecule has 0 spiro atoms. The van der Waals surface area contributed by atoms with Crippen molar-refractivity contribution in [1.29, 1.82) is 0 Å². The molecule has 0 aliphatic carbocycles. The lowest BCUT2D eigenvalue weighted by molar-refractivity contribution is 0.301. The molecule has 0 saturated carbocycles. The molecule has 1 heterocycles. The lowest BCUT2D eigenvalue weighted by Crippen LogP contribution is -2.11. The van der Waals surface area contributed by atoms with Crippen LogP contribution in [0, 0.1) is 0 Å². The number of hydrogen-bond acceptors (Lipinski definition) is 2. The molecule has 1 aromatic heterocycles. The first-order valence-corrected chi connectivity index (χ1v) is 6.67. The van der Waals surface area contributed by atoms with E-state index in [9.17, 15) is 0 Å². The number of ether oxygens (including phenoxy) is 1. The van der Waals surface area contributed by atoms with Crippen LogP contribution in [0.25, 0.3) is 0 Å². The van der Waals surface area contributed by atoms with E-state index in [0.29, 0.717) is 17.4 Å². The van der Waals surface area contributed by atoms with Gasteiger partial charge in [0.15, 0.2) is 0 Å². The molecule has 100 valence electrons. The van der Waals surface area contributed by atoms with E-state index >= 15 is 0 Å². The fourth-order valence-corrected chi connectivity index (χ4v) is 1.95. The zero-order valence-electron chi connectivity index (χ0n) is 11.5. The molecular weight excluding hydrogens is 258 g/mol. The van der Waals surface area contributed by atoms with Crippen molar-refractivity contribution in [2.75, 3.05) is 0 Å². The van der Waals surface area contributed by atoms with Crippen LogP contribution in [-0.2, 0) is 12.0 Å². The smallest absolute Gasteiger partial charge is 0.138 e. The van der Waals surface area contributed by atoms with Crippen molar-refractivity contribution in [1.82, 2.24) is 4.98 Å². The summed E-state index contributed by atoms with van der Waals surface area (Å²) in [5.41, 5.74) is 2.17. The molecule has 2 rings (SSSR count). The molecule has 0 saturated heterocycles. The number of nitrogens with zero attached hydrogens (tertiary/aromatic N) is 1. The molecule has 0 radical (unpaired) electrons. The van der Waals surface area contributed by atoms with Gasteiger partial charge in [0.05, 0.1) is 10.7 Å². The van der Waals surface area contributed by atoms with E-state index < -0.39 is 0 Å². The van der Waals surface area contributed by atoms with Crippen LogP contribution in [0.4, 0.5) is 0 Å². The first-order valence-electron chi connectivity index (χ1n) is 6.29. The molecule has 1 aromatic carbocycles. The quantitative estimate of drug-likeness (QED) is 0.816. The van der Waals surface area contributed by atoms with E-state index in [-0.39, 0.29) is 5.41 Å². The van der Waals surface area contributed by atoms with Gasteiger partial charge in [-0.2, -0.15) is 0 Å². The number of halogens is 1. The standard InChI is InChI=1S/C16H18ClNO/c1-16(2,3)12-7-8-15(14(17)10-12)19-11-13-6-4-5-9-18-13/h4-10H,11H2,1-3H3. The maximum Gasteiger partial charge on any atom is 0.138 e. The van der Waals surface area contributed by atoms with E-state index in [1.807, 2.05) is 30.3 Å².